The minimum Gasteiger partial charge on any atom is -0.457 e. The van der Waals surface area contributed by atoms with Crippen molar-refractivity contribution in [1.82, 2.24) is 5.32 Å². The molecular formula is C29H32ClN3O3. The Morgan fingerprint density at radius 1 is 1.08 bits per heavy atom. The van der Waals surface area contributed by atoms with E-state index in [4.69, 9.17) is 22.1 Å². The highest BCUT2D eigenvalue weighted by Crippen LogP contribution is 2.38. The Kier molecular flexibility index (Phi) is 7.67. The second-order valence-electron chi connectivity index (χ2n) is 9.49. The number of amides is 2. The van der Waals surface area contributed by atoms with Crippen LogP contribution >= 0.6 is 11.6 Å². The Morgan fingerprint density at radius 3 is 2.44 bits per heavy atom. The average molecular weight is 506 g/mol. The maximum Gasteiger partial charge on any atom is 0.237 e. The Hall–Kier alpha value is -3.35. The van der Waals surface area contributed by atoms with E-state index in [0.717, 1.165) is 27.9 Å². The first-order chi connectivity index (χ1) is 17.1. The number of ether oxygens (including phenoxy) is 1. The zero-order valence-corrected chi connectivity index (χ0v) is 21.9. The number of rotatable bonds is 6. The molecule has 188 valence electrons. The Balaban J connectivity index is 1.56. The third-order valence-corrected chi connectivity index (χ3v) is 6.87. The van der Waals surface area contributed by atoms with Crippen molar-refractivity contribution in [3.63, 3.8) is 0 Å². The zero-order valence-electron chi connectivity index (χ0n) is 21.1. The van der Waals surface area contributed by atoms with Gasteiger partial charge in [-0.25, -0.2) is 0 Å². The maximum absolute atomic E-state index is 13.2. The van der Waals surface area contributed by atoms with Gasteiger partial charge in [-0.1, -0.05) is 35.4 Å². The number of hydrogen-bond donors (Lipinski definition) is 2. The molecule has 0 saturated carbocycles. The van der Waals surface area contributed by atoms with Gasteiger partial charge in [0.15, 0.2) is 0 Å². The molecule has 4 rings (SSSR count). The van der Waals surface area contributed by atoms with E-state index >= 15 is 0 Å². The largest absolute Gasteiger partial charge is 0.457 e. The van der Waals surface area contributed by atoms with Crippen LogP contribution in [0.2, 0.25) is 5.02 Å². The van der Waals surface area contributed by atoms with Crippen LogP contribution in [-0.4, -0.2) is 24.4 Å². The fourth-order valence-corrected chi connectivity index (χ4v) is 5.10. The van der Waals surface area contributed by atoms with Gasteiger partial charge in [0, 0.05) is 29.7 Å². The van der Waals surface area contributed by atoms with Crippen LogP contribution in [0.3, 0.4) is 0 Å². The molecule has 0 aromatic heterocycles. The number of carbonyl (C=O) groups excluding carboxylic acids is 2. The predicted molar refractivity (Wildman–Crippen MR) is 144 cm³/mol. The number of benzene rings is 3. The van der Waals surface area contributed by atoms with Crippen LogP contribution in [-0.2, 0) is 16.0 Å². The SMILES string of the molecule is CC(=O)N1CC[C@@H](NC(=O)[C@@H](N)Cc2c(C)cc(C)cc2C)c2cc(Oc3cccc(Cl)c3)ccc21. The van der Waals surface area contributed by atoms with Gasteiger partial charge in [0.05, 0.1) is 12.1 Å². The van der Waals surface area contributed by atoms with Crippen LogP contribution in [0.4, 0.5) is 5.69 Å². The van der Waals surface area contributed by atoms with Crippen molar-refractivity contribution >= 4 is 29.1 Å². The van der Waals surface area contributed by atoms with E-state index in [1.807, 2.05) is 30.3 Å². The van der Waals surface area contributed by atoms with Crippen molar-refractivity contribution in [2.45, 2.75) is 52.6 Å². The summed E-state index contributed by atoms with van der Waals surface area (Å²) in [6, 6.07) is 15.9. The predicted octanol–water partition coefficient (Wildman–Crippen LogP) is 5.54. The number of aryl methyl sites for hydroxylation is 3. The first kappa shape index (κ1) is 25.7. The van der Waals surface area contributed by atoms with Gasteiger partial charge in [0.25, 0.3) is 0 Å². The molecule has 1 aliphatic rings. The number of nitrogens with two attached hydrogens (primary N) is 1. The smallest absolute Gasteiger partial charge is 0.237 e. The molecule has 0 aliphatic carbocycles. The van der Waals surface area contributed by atoms with Crippen molar-refractivity contribution in [2.75, 3.05) is 11.4 Å². The van der Waals surface area contributed by atoms with Crippen LogP contribution in [0.5, 0.6) is 11.5 Å². The summed E-state index contributed by atoms with van der Waals surface area (Å²) in [6.45, 7) is 8.21. The third kappa shape index (κ3) is 5.72. The lowest BCUT2D eigenvalue weighted by Gasteiger charge is -2.35. The van der Waals surface area contributed by atoms with Crippen molar-refractivity contribution < 1.29 is 14.3 Å². The molecular weight excluding hydrogens is 474 g/mol. The zero-order chi connectivity index (χ0) is 26.0. The first-order valence-electron chi connectivity index (χ1n) is 12.1. The molecule has 0 radical (unpaired) electrons. The molecule has 1 heterocycles. The molecule has 6 nitrogen and oxygen atoms in total. The molecule has 0 unspecified atom stereocenters. The van der Waals surface area contributed by atoms with Crippen LogP contribution in [0.15, 0.2) is 54.6 Å². The molecule has 36 heavy (non-hydrogen) atoms. The van der Waals surface area contributed by atoms with Gasteiger partial charge in [-0.15, -0.1) is 0 Å². The van der Waals surface area contributed by atoms with E-state index in [-0.39, 0.29) is 17.9 Å². The van der Waals surface area contributed by atoms with Crippen molar-refractivity contribution in [3.05, 3.63) is 87.4 Å². The molecule has 3 aromatic rings. The average Bonchev–Trinajstić information content (AvgIpc) is 2.81. The number of carbonyl (C=O) groups is 2. The van der Waals surface area contributed by atoms with Crippen molar-refractivity contribution in [1.29, 1.82) is 0 Å². The summed E-state index contributed by atoms with van der Waals surface area (Å²) >= 11 is 6.09. The summed E-state index contributed by atoms with van der Waals surface area (Å²) in [5, 5.41) is 3.70. The number of anilines is 1. The second-order valence-corrected chi connectivity index (χ2v) is 9.92. The molecule has 0 saturated heterocycles. The van der Waals surface area contributed by atoms with Gasteiger partial charge in [0.2, 0.25) is 11.8 Å². The molecule has 0 bridgehead atoms. The van der Waals surface area contributed by atoms with Crippen LogP contribution in [0.1, 0.15) is 47.2 Å². The molecule has 3 N–H and O–H groups in total. The van der Waals surface area contributed by atoms with Gasteiger partial charge in [-0.2, -0.15) is 0 Å². The van der Waals surface area contributed by atoms with Crippen LogP contribution in [0, 0.1) is 20.8 Å². The lowest BCUT2D eigenvalue weighted by atomic mass is 9.93. The van der Waals surface area contributed by atoms with E-state index < -0.39 is 6.04 Å². The van der Waals surface area contributed by atoms with Crippen molar-refractivity contribution in [3.8, 4) is 11.5 Å². The molecule has 0 spiro atoms. The summed E-state index contributed by atoms with van der Waals surface area (Å²) in [5.74, 6) is 0.929. The van der Waals surface area contributed by atoms with E-state index in [1.54, 1.807) is 24.0 Å². The van der Waals surface area contributed by atoms with Crippen LogP contribution < -0.4 is 20.7 Å². The topological polar surface area (TPSA) is 84.7 Å². The standard InChI is InChI=1S/C29H32ClN3O3/c1-17-12-18(2)24(19(3)13-17)16-26(31)29(35)32-27-10-11-33(20(4)34)28-9-8-23(15-25(27)28)36-22-7-5-6-21(30)14-22/h5-9,12-15,26-27H,10-11,16,31H2,1-4H3,(H,32,35)/t26-,27+/m0/s1. The number of halogens is 1. The molecule has 2 atom stereocenters. The second kappa shape index (κ2) is 10.7. The number of nitrogens with zero attached hydrogens (tertiary/aromatic N) is 1. The fourth-order valence-electron chi connectivity index (χ4n) is 4.92. The number of nitrogens with one attached hydrogen (secondary N) is 1. The van der Waals surface area contributed by atoms with Gasteiger partial charge in [-0.3, -0.25) is 9.59 Å². The number of fused-ring (bicyclic) bond motifs is 1. The van der Waals surface area contributed by atoms with Crippen molar-refractivity contribution in [2.24, 2.45) is 5.73 Å². The lowest BCUT2D eigenvalue weighted by Crippen LogP contribution is -2.46. The molecule has 2 amide bonds. The van der Waals surface area contributed by atoms with Gasteiger partial charge >= 0.3 is 0 Å². The molecule has 7 heteroatoms. The Labute approximate surface area is 217 Å². The van der Waals surface area contributed by atoms with Crippen LogP contribution in [0.25, 0.3) is 0 Å². The molecule has 1 aliphatic heterocycles. The molecule has 3 aromatic carbocycles. The Morgan fingerprint density at radius 2 is 1.78 bits per heavy atom. The van der Waals surface area contributed by atoms with E-state index in [1.165, 1.54) is 5.56 Å². The summed E-state index contributed by atoms with van der Waals surface area (Å²) < 4.78 is 6.01. The highest BCUT2D eigenvalue weighted by Gasteiger charge is 2.30. The highest BCUT2D eigenvalue weighted by molar-refractivity contribution is 6.30. The van der Waals surface area contributed by atoms with E-state index in [0.29, 0.717) is 35.9 Å². The normalized spacial score (nSPS) is 15.7. The highest BCUT2D eigenvalue weighted by atomic mass is 35.5. The lowest BCUT2D eigenvalue weighted by molar-refractivity contribution is -0.123. The minimum atomic E-state index is -0.690. The summed E-state index contributed by atoms with van der Waals surface area (Å²) in [6.07, 6.45) is 1.04. The van der Waals surface area contributed by atoms with Gasteiger partial charge in [-0.05, 0) is 86.7 Å². The third-order valence-electron chi connectivity index (χ3n) is 6.64. The van der Waals surface area contributed by atoms with Gasteiger partial charge in [0.1, 0.15) is 11.5 Å². The summed E-state index contributed by atoms with van der Waals surface area (Å²) in [4.78, 5) is 27.2. The van der Waals surface area contributed by atoms with Gasteiger partial charge < -0.3 is 20.7 Å². The molecule has 0 fully saturated rings. The minimum absolute atomic E-state index is 0.0495. The first-order valence-corrected chi connectivity index (χ1v) is 12.5. The quantitative estimate of drug-likeness (QED) is 0.460. The monoisotopic (exact) mass is 505 g/mol. The Bertz CT molecular complexity index is 1280. The maximum atomic E-state index is 13.2. The summed E-state index contributed by atoms with van der Waals surface area (Å²) in [5.41, 5.74) is 12.5. The fraction of sp³-hybridized carbons (Fsp3) is 0.310. The van der Waals surface area contributed by atoms with E-state index in [9.17, 15) is 9.59 Å². The number of hydrogen-bond acceptors (Lipinski definition) is 4. The van der Waals surface area contributed by atoms with E-state index in [2.05, 4.69) is 38.2 Å². The summed E-state index contributed by atoms with van der Waals surface area (Å²) in [7, 11) is 0.